The van der Waals surface area contributed by atoms with E-state index < -0.39 is 0 Å². The summed E-state index contributed by atoms with van der Waals surface area (Å²) in [5, 5.41) is 3.96. The number of ether oxygens (including phenoxy) is 1. The third-order valence-corrected chi connectivity index (χ3v) is 2.68. The smallest absolute Gasteiger partial charge is 0.314 e. The van der Waals surface area contributed by atoms with Gasteiger partial charge in [0.1, 0.15) is 0 Å². The Kier molecular flexibility index (Phi) is 4.10. The molecule has 1 atom stereocenters. The maximum atomic E-state index is 11.5. The topological polar surface area (TPSA) is 29.5 Å². The summed E-state index contributed by atoms with van der Waals surface area (Å²) < 4.78 is 4.78. The Labute approximate surface area is 88.3 Å². The fourth-order valence-electron chi connectivity index (χ4n) is 1.30. The zero-order valence-electron chi connectivity index (χ0n) is 8.69. The van der Waals surface area contributed by atoms with Crippen LogP contribution in [0.3, 0.4) is 0 Å². The summed E-state index contributed by atoms with van der Waals surface area (Å²) >= 11 is 1.60. The molecule has 0 radical (unpaired) electrons. The Hall–Kier alpha value is -0.870. The van der Waals surface area contributed by atoms with Crippen molar-refractivity contribution < 1.29 is 9.53 Å². The van der Waals surface area contributed by atoms with Crippen LogP contribution in [0.25, 0.3) is 0 Å². The Morgan fingerprint density at radius 1 is 1.64 bits per heavy atom. The predicted octanol–water partition coefficient (Wildman–Crippen LogP) is 1.57. The van der Waals surface area contributed by atoms with Gasteiger partial charge in [0.25, 0.3) is 0 Å². The van der Waals surface area contributed by atoms with E-state index in [1.807, 2.05) is 35.8 Å². The molecule has 1 aromatic heterocycles. The number of methoxy groups -OCH3 is 1. The minimum atomic E-state index is -0.169. The molecule has 0 fully saturated rings. The van der Waals surface area contributed by atoms with Crippen LogP contribution in [0.5, 0.6) is 0 Å². The van der Waals surface area contributed by atoms with E-state index in [4.69, 9.17) is 4.74 Å². The molecular formula is C10H15NO2S. The van der Waals surface area contributed by atoms with Gasteiger partial charge in [0.2, 0.25) is 0 Å². The SMILES string of the molecule is COC(=O)C(CN(C)C)c1ccsc1. The molecule has 0 aliphatic rings. The number of hydrogen-bond acceptors (Lipinski definition) is 4. The Morgan fingerprint density at radius 2 is 2.36 bits per heavy atom. The van der Waals surface area contributed by atoms with Crippen LogP contribution in [0, 0.1) is 0 Å². The van der Waals surface area contributed by atoms with Crippen molar-refractivity contribution in [2.45, 2.75) is 5.92 Å². The number of hydrogen-bond donors (Lipinski definition) is 0. The summed E-state index contributed by atoms with van der Waals surface area (Å²) in [4.78, 5) is 13.5. The number of likely N-dealkylation sites (N-methyl/N-ethyl adjacent to an activating group) is 1. The van der Waals surface area contributed by atoms with Crippen LogP contribution in [0.2, 0.25) is 0 Å². The van der Waals surface area contributed by atoms with E-state index in [1.54, 1.807) is 11.3 Å². The number of nitrogens with zero attached hydrogens (tertiary/aromatic N) is 1. The molecule has 0 saturated carbocycles. The van der Waals surface area contributed by atoms with Crippen LogP contribution in [-0.2, 0) is 9.53 Å². The second kappa shape index (κ2) is 5.12. The lowest BCUT2D eigenvalue weighted by molar-refractivity contribution is -0.142. The molecule has 0 spiro atoms. The molecule has 1 rings (SSSR count). The molecule has 0 bridgehead atoms. The normalized spacial score (nSPS) is 12.9. The van der Waals surface area contributed by atoms with Gasteiger partial charge in [-0.25, -0.2) is 0 Å². The van der Waals surface area contributed by atoms with Gasteiger partial charge in [0, 0.05) is 6.54 Å². The summed E-state index contributed by atoms with van der Waals surface area (Å²) in [6.07, 6.45) is 0. The minimum absolute atomic E-state index is 0.166. The second-order valence-corrected chi connectivity index (χ2v) is 4.17. The number of esters is 1. The maximum Gasteiger partial charge on any atom is 0.314 e. The van der Waals surface area contributed by atoms with E-state index >= 15 is 0 Å². The Morgan fingerprint density at radius 3 is 2.79 bits per heavy atom. The van der Waals surface area contributed by atoms with Gasteiger partial charge in [-0.2, -0.15) is 11.3 Å². The molecule has 14 heavy (non-hydrogen) atoms. The molecule has 1 unspecified atom stereocenters. The first-order chi connectivity index (χ1) is 6.65. The molecule has 1 aromatic rings. The highest BCUT2D eigenvalue weighted by molar-refractivity contribution is 7.08. The number of thiophene rings is 1. The van der Waals surface area contributed by atoms with Gasteiger partial charge in [-0.3, -0.25) is 4.79 Å². The van der Waals surface area contributed by atoms with Gasteiger partial charge < -0.3 is 9.64 Å². The van der Waals surface area contributed by atoms with Gasteiger partial charge in [0.05, 0.1) is 13.0 Å². The molecule has 0 N–H and O–H groups in total. The van der Waals surface area contributed by atoms with Crippen LogP contribution in [0.4, 0.5) is 0 Å². The lowest BCUT2D eigenvalue weighted by Gasteiger charge is -2.17. The molecule has 0 amide bonds. The number of rotatable bonds is 4. The first-order valence-corrected chi connectivity index (χ1v) is 5.34. The van der Waals surface area contributed by atoms with Crippen molar-refractivity contribution in [1.29, 1.82) is 0 Å². The highest BCUT2D eigenvalue weighted by Crippen LogP contribution is 2.20. The summed E-state index contributed by atoms with van der Waals surface area (Å²) in [6.45, 7) is 0.684. The lowest BCUT2D eigenvalue weighted by Crippen LogP contribution is -2.26. The summed E-state index contributed by atoms with van der Waals surface area (Å²) in [5.41, 5.74) is 1.04. The third-order valence-electron chi connectivity index (χ3n) is 1.98. The maximum absolute atomic E-state index is 11.5. The van der Waals surface area contributed by atoms with Crippen LogP contribution >= 0.6 is 11.3 Å². The van der Waals surface area contributed by atoms with Crippen molar-refractivity contribution in [1.82, 2.24) is 4.90 Å². The first kappa shape index (κ1) is 11.2. The molecule has 0 aromatic carbocycles. The molecule has 0 aliphatic heterocycles. The summed E-state index contributed by atoms with van der Waals surface area (Å²) in [6, 6.07) is 1.97. The highest BCUT2D eigenvalue weighted by atomic mass is 32.1. The fourth-order valence-corrected chi connectivity index (χ4v) is 2.01. The fraction of sp³-hybridized carbons (Fsp3) is 0.500. The van der Waals surface area contributed by atoms with E-state index in [1.165, 1.54) is 7.11 Å². The molecular weight excluding hydrogens is 198 g/mol. The van der Waals surface area contributed by atoms with Crippen LogP contribution < -0.4 is 0 Å². The van der Waals surface area contributed by atoms with E-state index in [0.717, 1.165) is 5.56 Å². The third kappa shape index (κ3) is 2.82. The molecule has 3 nitrogen and oxygen atoms in total. The summed E-state index contributed by atoms with van der Waals surface area (Å²) in [5.74, 6) is -0.335. The van der Waals surface area contributed by atoms with E-state index in [0.29, 0.717) is 6.54 Å². The predicted molar refractivity (Wildman–Crippen MR) is 57.6 cm³/mol. The van der Waals surface area contributed by atoms with E-state index in [-0.39, 0.29) is 11.9 Å². The standard InChI is InChI=1S/C10H15NO2S/c1-11(2)6-9(10(12)13-3)8-4-5-14-7-8/h4-5,7,9H,6H2,1-3H3. The van der Waals surface area contributed by atoms with Gasteiger partial charge in [0.15, 0.2) is 0 Å². The van der Waals surface area contributed by atoms with E-state index in [2.05, 4.69) is 0 Å². The monoisotopic (exact) mass is 213 g/mol. The van der Waals surface area contributed by atoms with Crippen molar-refractivity contribution in [2.75, 3.05) is 27.7 Å². The quantitative estimate of drug-likeness (QED) is 0.711. The van der Waals surface area contributed by atoms with Crippen LogP contribution in [-0.4, -0.2) is 38.6 Å². The zero-order chi connectivity index (χ0) is 10.6. The van der Waals surface area contributed by atoms with Crippen molar-refractivity contribution in [3.63, 3.8) is 0 Å². The molecule has 1 heterocycles. The van der Waals surface area contributed by atoms with Crippen LogP contribution in [0.15, 0.2) is 16.8 Å². The van der Waals surface area contributed by atoms with Gasteiger partial charge in [-0.05, 0) is 36.5 Å². The first-order valence-electron chi connectivity index (χ1n) is 4.39. The van der Waals surface area contributed by atoms with Crippen molar-refractivity contribution in [2.24, 2.45) is 0 Å². The Bertz CT molecular complexity index is 282. The van der Waals surface area contributed by atoms with E-state index in [9.17, 15) is 4.79 Å². The largest absolute Gasteiger partial charge is 0.469 e. The van der Waals surface area contributed by atoms with Gasteiger partial charge >= 0.3 is 5.97 Å². The average molecular weight is 213 g/mol. The van der Waals surface area contributed by atoms with Gasteiger partial charge in [-0.1, -0.05) is 0 Å². The molecule has 4 heteroatoms. The Balaban J connectivity index is 2.77. The highest BCUT2D eigenvalue weighted by Gasteiger charge is 2.22. The van der Waals surface area contributed by atoms with Crippen molar-refractivity contribution in [3.8, 4) is 0 Å². The molecule has 78 valence electrons. The number of carbonyl (C=O) groups is 1. The molecule has 0 saturated heterocycles. The molecule has 0 aliphatic carbocycles. The van der Waals surface area contributed by atoms with Gasteiger partial charge in [-0.15, -0.1) is 0 Å². The second-order valence-electron chi connectivity index (χ2n) is 3.39. The van der Waals surface area contributed by atoms with Crippen molar-refractivity contribution >= 4 is 17.3 Å². The zero-order valence-corrected chi connectivity index (χ0v) is 9.50. The average Bonchev–Trinajstić information content (AvgIpc) is 2.65. The summed E-state index contributed by atoms with van der Waals surface area (Å²) in [7, 11) is 5.32. The number of carbonyl (C=O) groups excluding carboxylic acids is 1. The lowest BCUT2D eigenvalue weighted by atomic mass is 10.0. The minimum Gasteiger partial charge on any atom is -0.469 e. The van der Waals surface area contributed by atoms with Crippen molar-refractivity contribution in [3.05, 3.63) is 22.4 Å². The van der Waals surface area contributed by atoms with Crippen LogP contribution in [0.1, 0.15) is 11.5 Å².